The molecule has 0 fully saturated rings. The van der Waals surface area contributed by atoms with Crippen molar-refractivity contribution >= 4 is 11.0 Å². The summed E-state index contributed by atoms with van der Waals surface area (Å²) in [5.41, 5.74) is 0.306. The van der Waals surface area contributed by atoms with E-state index in [0.29, 0.717) is 11.0 Å². The molecule has 2 aromatic rings. The molecule has 0 spiro atoms. The van der Waals surface area contributed by atoms with E-state index in [-0.39, 0.29) is 11.4 Å². The smallest absolute Gasteiger partial charge is 0.261 e. The zero-order chi connectivity index (χ0) is 8.55. The minimum atomic E-state index is -0.214. The molecule has 2 N–H and O–H groups in total. The van der Waals surface area contributed by atoms with Gasteiger partial charge in [0.15, 0.2) is 5.82 Å². The molecule has 0 aliphatic heterocycles. The Bertz CT molecular complexity index is 515. The normalized spacial score (nSPS) is 9.92. The number of aromatic nitrogens is 3. The summed E-state index contributed by atoms with van der Waals surface area (Å²) in [4.78, 5) is 20.4. The average Bonchev–Trinajstić information content (AvgIpc) is 2.52. The number of nitrogens with one attached hydrogen (secondary N) is 2. The van der Waals surface area contributed by atoms with Crippen LogP contribution in [-0.4, -0.2) is 15.0 Å². The third kappa shape index (κ3) is 0.805. The summed E-state index contributed by atoms with van der Waals surface area (Å²) in [5, 5.41) is 0.522. The van der Waals surface area contributed by atoms with Crippen molar-refractivity contribution in [3.8, 4) is 12.3 Å². The largest absolute Gasteiger partial charge is 0.346 e. The van der Waals surface area contributed by atoms with Crippen LogP contribution in [0.15, 0.2) is 17.1 Å². The molecule has 4 nitrogen and oxygen atoms in total. The van der Waals surface area contributed by atoms with Crippen LogP contribution in [0.25, 0.3) is 11.0 Å². The minimum absolute atomic E-state index is 0.214. The van der Waals surface area contributed by atoms with Crippen LogP contribution >= 0.6 is 0 Å². The number of nitrogens with zero attached hydrogens (tertiary/aromatic N) is 1. The van der Waals surface area contributed by atoms with Crippen LogP contribution in [0.4, 0.5) is 0 Å². The minimum Gasteiger partial charge on any atom is -0.346 e. The Kier molecular flexibility index (Phi) is 1.25. The summed E-state index contributed by atoms with van der Waals surface area (Å²) in [6, 6.07) is 1.65. The lowest BCUT2D eigenvalue weighted by Crippen LogP contribution is -2.08. The second-order valence-electron chi connectivity index (χ2n) is 2.30. The lowest BCUT2D eigenvalue weighted by Gasteiger charge is -1.89. The van der Waals surface area contributed by atoms with E-state index in [1.54, 1.807) is 12.3 Å². The Labute approximate surface area is 67.7 Å². The van der Waals surface area contributed by atoms with E-state index in [9.17, 15) is 4.79 Å². The van der Waals surface area contributed by atoms with Crippen molar-refractivity contribution in [1.29, 1.82) is 0 Å². The molecule has 4 heteroatoms. The molecule has 2 heterocycles. The van der Waals surface area contributed by atoms with Crippen molar-refractivity contribution in [2.24, 2.45) is 0 Å². The van der Waals surface area contributed by atoms with Gasteiger partial charge in [-0.3, -0.25) is 9.78 Å². The summed E-state index contributed by atoms with van der Waals surface area (Å²) in [6.45, 7) is 0. The fourth-order valence-electron chi connectivity index (χ4n) is 1.02. The van der Waals surface area contributed by atoms with Crippen molar-refractivity contribution in [3.63, 3.8) is 0 Å². The fourth-order valence-corrected chi connectivity index (χ4v) is 1.02. The van der Waals surface area contributed by atoms with Crippen LogP contribution in [-0.2, 0) is 0 Å². The summed E-state index contributed by atoms with van der Waals surface area (Å²) in [5.74, 6) is 2.51. The molecule has 2 aromatic heterocycles. The maximum Gasteiger partial charge on any atom is 0.261 e. The Hall–Kier alpha value is -2.02. The van der Waals surface area contributed by atoms with Gasteiger partial charge in [0.2, 0.25) is 0 Å². The lowest BCUT2D eigenvalue weighted by molar-refractivity contribution is 1.12. The first kappa shape index (κ1) is 6.68. The number of hydrogen-bond acceptors (Lipinski definition) is 2. The first-order valence-corrected chi connectivity index (χ1v) is 3.35. The van der Waals surface area contributed by atoms with Gasteiger partial charge in [-0.15, -0.1) is 6.42 Å². The third-order valence-corrected chi connectivity index (χ3v) is 1.56. The molecule has 12 heavy (non-hydrogen) atoms. The van der Waals surface area contributed by atoms with Crippen LogP contribution < -0.4 is 5.56 Å². The van der Waals surface area contributed by atoms with Crippen LogP contribution in [0.5, 0.6) is 0 Å². The van der Waals surface area contributed by atoms with E-state index in [0.717, 1.165) is 0 Å². The summed E-state index contributed by atoms with van der Waals surface area (Å²) < 4.78 is 0. The summed E-state index contributed by atoms with van der Waals surface area (Å²) >= 11 is 0. The zero-order valence-electron chi connectivity index (χ0n) is 6.09. The number of H-pyrrole nitrogens is 2. The van der Waals surface area contributed by atoms with Gasteiger partial charge in [0.1, 0.15) is 5.65 Å². The molecule has 0 saturated carbocycles. The Morgan fingerprint density at radius 2 is 2.42 bits per heavy atom. The van der Waals surface area contributed by atoms with Crippen molar-refractivity contribution in [2.45, 2.75) is 0 Å². The molecule has 0 bridgehead atoms. The maximum absolute atomic E-state index is 11.2. The van der Waals surface area contributed by atoms with Gasteiger partial charge in [0, 0.05) is 6.20 Å². The van der Waals surface area contributed by atoms with Gasteiger partial charge in [0.05, 0.1) is 5.39 Å². The number of terminal acetylenes is 1. The van der Waals surface area contributed by atoms with E-state index in [4.69, 9.17) is 6.42 Å². The van der Waals surface area contributed by atoms with Gasteiger partial charge in [-0.1, -0.05) is 0 Å². The van der Waals surface area contributed by atoms with Crippen LogP contribution in [0.3, 0.4) is 0 Å². The Morgan fingerprint density at radius 3 is 3.17 bits per heavy atom. The van der Waals surface area contributed by atoms with Gasteiger partial charge in [0.25, 0.3) is 5.56 Å². The van der Waals surface area contributed by atoms with Crippen molar-refractivity contribution in [1.82, 2.24) is 15.0 Å². The molecule has 2 rings (SSSR count). The fraction of sp³-hybridized carbons (Fsp3) is 0. The maximum atomic E-state index is 11.2. The molecular formula is C8H5N3O. The average molecular weight is 159 g/mol. The number of aromatic amines is 2. The topological polar surface area (TPSA) is 61.5 Å². The highest BCUT2D eigenvalue weighted by molar-refractivity contribution is 5.74. The standard InChI is InChI=1S/C8H5N3O/c1-2-6-10-7-5(3-4-9-7)8(12)11-6/h1,3-4H,(H2,9,10,11,12). The van der Waals surface area contributed by atoms with Crippen LogP contribution in [0.2, 0.25) is 0 Å². The predicted molar refractivity (Wildman–Crippen MR) is 44.6 cm³/mol. The van der Waals surface area contributed by atoms with E-state index in [1.165, 1.54) is 0 Å². The molecule has 0 radical (unpaired) electrons. The molecule has 0 atom stereocenters. The number of hydrogen-bond donors (Lipinski definition) is 2. The second-order valence-corrected chi connectivity index (χ2v) is 2.30. The molecule has 0 amide bonds. The van der Waals surface area contributed by atoms with Crippen molar-refractivity contribution in [2.75, 3.05) is 0 Å². The van der Waals surface area contributed by atoms with E-state index >= 15 is 0 Å². The predicted octanol–water partition coefficient (Wildman–Crippen LogP) is 0.232. The quantitative estimate of drug-likeness (QED) is 0.540. The lowest BCUT2D eigenvalue weighted by atomic mass is 10.4. The van der Waals surface area contributed by atoms with Gasteiger partial charge in [-0.25, -0.2) is 4.98 Å². The van der Waals surface area contributed by atoms with E-state index in [2.05, 4.69) is 20.9 Å². The zero-order valence-corrected chi connectivity index (χ0v) is 6.09. The molecule has 0 aliphatic carbocycles. The highest BCUT2D eigenvalue weighted by Gasteiger charge is 2.01. The van der Waals surface area contributed by atoms with Crippen molar-refractivity contribution in [3.05, 3.63) is 28.4 Å². The third-order valence-electron chi connectivity index (χ3n) is 1.56. The van der Waals surface area contributed by atoms with E-state index < -0.39 is 0 Å². The SMILES string of the molecule is C#Cc1nc2[nH]ccc2c(=O)[nH]1. The van der Waals surface area contributed by atoms with Gasteiger partial charge in [-0.2, -0.15) is 0 Å². The molecule has 58 valence electrons. The van der Waals surface area contributed by atoms with Gasteiger partial charge in [-0.05, 0) is 12.0 Å². The molecule has 0 saturated heterocycles. The second kappa shape index (κ2) is 2.24. The Morgan fingerprint density at radius 1 is 1.58 bits per heavy atom. The summed E-state index contributed by atoms with van der Waals surface area (Å²) in [6.07, 6.45) is 6.73. The van der Waals surface area contributed by atoms with Crippen LogP contribution in [0.1, 0.15) is 5.82 Å². The molecule has 0 unspecified atom stereocenters. The summed E-state index contributed by atoms with van der Waals surface area (Å²) in [7, 11) is 0. The monoisotopic (exact) mass is 159 g/mol. The highest BCUT2D eigenvalue weighted by Crippen LogP contribution is 2.01. The molecular weight excluding hydrogens is 154 g/mol. The van der Waals surface area contributed by atoms with Crippen molar-refractivity contribution < 1.29 is 0 Å². The first-order chi connectivity index (χ1) is 5.81. The Balaban J connectivity index is 2.96. The first-order valence-electron chi connectivity index (χ1n) is 3.35. The highest BCUT2D eigenvalue weighted by atomic mass is 16.1. The molecule has 0 aliphatic rings. The number of rotatable bonds is 0. The van der Waals surface area contributed by atoms with Gasteiger partial charge >= 0.3 is 0 Å². The van der Waals surface area contributed by atoms with E-state index in [1.807, 2.05) is 0 Å². The number of fused-ring (bicyclic) bond motifs is 1. The van der Waals surface area contributed by atoms with Crippen LogP contribution in [0, 0.1) is 12.3 Å². The van der Waals surface area contributed by atoms with Gasteiger partial charge < -0.3 is 4.98 Å². The molecule has 0 aromatic carbocycles.